The molecule has 0 radical (unpaired) electrons. The first-order chi connectivity index (χ1) is 14.1. The second-order valence-electron chi connectivity index (χ2n) is 7.72. The Bertz CT molecular complexity index is 925. The van der Waals surface area contributed by atoms with Crippen molar-refractivity contribution in [3.63, 3.8) is 0 Å². The number of carbonyl (C=O) groups excluding carboxylic acids is 1. The van der Waals surface area contributed by atoms with Crippen LogP contribution >= 0.6 is 0 Å². The van der Waals surface area contributed by atoms with Crippen LogP contribution in [-0.2, 0) is 0 Å². The first kappa shape index (κ1) is 19.2. The number of rotatable bonds is 6. The number of amides is 1. The van der Waals surface area contributed by atoms with Crippen LogP contribution in [0.5, 0.6) is 0 Å². The average molecular weight is 394 g/mol. The summed E-state index contributed by atoms with van der Waals surface area (Å²) in [6.07, 6.45) is 5.28. The number of aromatic nitrogens is 2. The third-order valence-corrected chi connectivity index (χ3v) is 5.25. The van der Waals surface area contributed by atoms with Gasteiger partial charge in [0.1, 0.15) is 6.04 Å². The summed E-state index contributed by atoms with van der Waals surface area (Å²) < 4.78 is 10.7. The van der Waals surface area contributed by atoms with E-state index in [0.717, 1.165) is 18.7 Å². The maximum Gasteiger partial charge on any atom is 0.287 e. The minimum absolute atomic E-state index is 0.0729. The molecule has 1 aliphatic heterocycles. The standard InChI is InChI=1S/C22H26N4O3/c1-15(2)19(23-21(27)18-7-6-14-28-18)22-24-20(25-29-22)16-8-10-17(11-9-16)26-12-4-3-5-13-26/h6-11,14-15,19H,3-5,12-13H2,1-2H3,(H,23,27). The van der Waals surface area contributed by atoms with Crippen LogP contribution in [-0.4, -0.2) is 29.1 Å². The third-order valence-electron chi connectivity index (χ3n) is 5.25. The van der Waals surface area contributed by atoms with Crippen LogP contribution in [0.4, 0.5) is 5.69 Å². The second-order valence-corrected chi connectivity index (χ2v) is 7.72. The van der Waals surface area contributed by atoms with Crippen LogP contribution in [0.2, 0.25) is 0 Å². The predicted molar refractivity (Wildman–Crippen MR) is 110 cm³/mol. The number of hydrogen-bond acceptors (Lipinski definition) is 6. The molecule has 3 aromatic rings. The lowest BCUT2D eigenvalue weighted by molar-refractivity contribution is 0.0885. The number of nitrogens with one attached hydrogen (secondary N) is 1. The molecule has 0 saturated carbocycles. The van der Waals surface area contributed by atoms with Gasteiger partial charge >= 0.3 is 0 Å². The highest BCUT2D eigenvalue weighted by Crippen LogP contribution is 2.26. The van der Waals surface area contributed by atoms with Crippen molar-refractivity contribution in [3.05, 3.63) is 54.3 Å². The van der Waals surface area contributed by atoms with Gasteiger partial charge in [-0.15, -0.1) is 0 Å². The summed E-state index contributed by atoms with van der Waals surface area (Å²) in [5, 5.41) is 7.04. The van der Waals surface area contributed by atoms with E-state index >= 15 is 0 Å². The summed E-state index contributed by atoms with van der Waals surface area (Å²) in [4.78, 5) is 19.3. The number of nitrogens with zero attached hydrogens (tertiary/aromatic N) is 3. The average Bonchev–Trinajstić information content (AvgIpc) is 3.45. The van der Waals surface area contributed by atoms with E-state index in [0.29, 0.717) is 11.7 Å². The third kappa shape index (κ3) is 4.34. The molecule has 1 N–H and O–H groups in total. The highest BCUT2D eigenvalue weighted by molar-refractivity contribution is 5.91. The molecule has 2 aromatic heterocycles. The van der Waals surface area contributed by atoms with Crippen molar-refractivity contribution < 1.29 is 13.7 Å². The Morgan fingerprint density at radius 3 is 2.52 bits per heavy atom. The predicted octanol–water partition coefficient (Wildman–Crippen LogP) is 4.45. The van der Waals surface area contributed by atoms with E-state index in [1.165, 1.54) is 31.2 Å². The second kappa shape index (κ2) is 8.51. The van der Waals surface area contributed by atoms with Crippen LogP contribution in [0.3, 0.4) is 0 Å². The quantitative estimate of drug-likeness (QED) is 0.665. The van der Waals surface area contributed by atoms with Gasteiger partial charge in [-0.1, -0.05) is 19.0 Å². The lowest BCUT2D eigenvalue weighted by atomic mass is 10.0. The minimum Gasteiger partial charge on any atom is -0.459 e. The van der Waals surface area contributed by atoms with Crippen LogP contribution in [0, 0.1) is 5.92 Å². The fourth-order valence-electron chi connectivity index (χ4n) is 3.59. The molecule has 152 valence electrons. The van der Waals surface area contributed by atoms with Crippen molar-refractivity contribution in [2.45, 2.75) is 39.2 Å². The van der Waals surface area contributed by atoms with Gasteiger partial charge in [-0.05, 0) is 61.6 Å². The van der Waals surface area contributed by atoms with Gasteiger partial charge in [0.25, 0.3) is 5.91 Å². The Labute approximate surface area is 170 Å². The van der Waals surface area contributed by atoms with Gasteiger partial charge in [0.2, 0.25) is 11.7 Å². The summed E-state index contributed by atoms with van der Waals surface area (Å²) in [5.41, 5.74) is 2.11. The number of carbonyl (C=O) groups is 1. The molecule has 0 spiro atoms. The van der Waals surface area contributed by atoms with Gasteiger partial charge in [-0.2, -0.15) is 4.98 Å². The van der Waals surface area contributed by atoms with Crippen LogP contribution in [0.1, 0.15) is 55.6 Å². The number of furan rings is 1. The number of piperidine rings is 1. The van der Waals surface area contributed by atoms with E-state index in [-0.39, 0.29) is 17.6 Å². The van der Waals surface area contributed by atoms with E-state index in [1.807, 2.05) is 26.0 Å². The number of benzene rings is 1. The fourth-order valence-corrected chi connectivity index (χ4v) is 3.59. The van der Waals surface area contributed by atoms with E-state index in [2.05, 4.69) is 32.5 Å². The monoisotopic (exact) mass is 394 g/mol. The van der Waals surface area contributed by atoms with E-state index in [9.17, 15) is 4.79 Å². The highest BCUT2D eigenvalue weighted by Gasteiger charge is 2.26. The molecule has 7 heteroatoms. The summed E-state index contributed by atoms with van der Waals surface area (Å²) in [5.74, 6) is 0.921. The van der Waals surface area contributed by atoms with Crippen molar-refractivity contribution >= 4 is 11.6 Å². The highest BCUT2D eigenvalue weighted by atomic mass is 16.5. The molecule has 1 unspecified atom stereocenters. The topological polar surface area (TPSA) is 84.4 Å². The first-order valence-electron chi connectivity index (χ1n) is 10.1. The van der Waals surface area contributed by atoms with Gasteiger partial charge in [0.05, 0.1) is 6.26 Å². The van der Waals surface area contributed by atoms with Crippen LogP contribution < -0.4 is 10.2 Å². The summed E-state index contributed by atoms with van der Waals surface area (Å²) in [6.45, 7) is 6.20. The normalized spacial score (nSPS) is 15.5. The van der Waals surface area contributed by atoms with Crippen LogP contribution in [0.15, 0.2) is 51.6 Å². The lowest BCUT2D eigenvalue weighted by Gasteiger charge is -2.28. The van der Waals surface area contributed by atoms with E-state index in [1.54, 1.807) is 12.1 Å². The molecule has 1 aliphatic rings. The molecule has 29 heavy (non-hydrogen) atoms. The Kier molecular flexibility index (Phi) is 5.64. The molecule has 1 fully saturated rings. The van der Waals surface area contributed by atoms with Crippen molar-refractivity contribution in [2.75, 3.05) is 18.0 Å². The molecular formula is C22H26N4O3. The Hall–Kier alpha value is -3.09. The molecule has 0 bridgehead atoms. The zero-order valence-electron chi connectivity index (χ0n) is 16.8. The molecule has 7 nitrogen and oxygen atoms in total. The Morgan fingerprint density at radius 2 is 1.86 bits per heavy atom. The van der Waals surface area contributed by atoms with Crippen molar-refractivity contribution in [1.82, 2.24) is 15.5 Å². The van der Waals surface area contributed by atoms with Gasteiger partial charge in [0, 0.05) is 24.3 Å². The minimum atomic E-state index is -0.401. The summed E-state index contributed by atoms with van der Waals surface area (Å²) >= 11 is 0. The van der Waals surface area contributed by atoms with Gasteiger partial charge < -0.3 is 19.2 Å². The van der Waals surface area contributed by atoms with Crippen molar-refractivity contribution in [1.29, 1.82) is 0 Å². The zero-order valence-corrected chi connectivity index (χ0v) is 16.8. The Balaban J connectivity index is 1.49. The van der Waals surface area contributed by atoms with Gasteiger partial charge in [-0.25, -0.2) is 0 Å². The molecule has 1 amide bonds. The van der Waals surface area contributed by atoms with E-state index in [4.69, 9.17) is 8.94 Å². The number of anilines is 1. The van der Waals surface area contributed by atoms with Crippen molar-refractivity contribution in [2.24, 2.45) is 5.92 Å². The Morgan fingerprint density at radius 1 is 1.10 bits per heavy atom. The molecule has 1 atom stereocenters. The largest absolute Gasteiger partial charge is 0.459 e. The first-order valence-corrected chi connectivity index (χ1v) is 10.1. The summed E-state index contributed by atoms with van der Waals surface area (Å²) in [7, 11) is 0. The molecule has 1 aromatic carbocycles. The molecule has 4 rings (SSSR count). The SMILES string of the molecule is CC(C)C(NC(=O)c1ccco1)c1nc(-c2ccc(N3CCCCC3)cc2)no1. The smallest absolute Gasteiger partial charge is 0.287 e. The maximum atomic E-state index is 12.4. The molecule has 1 saturated heterocycles. The van der Waals surface area contributed by atoms with Crippen molar-refractivity contribution in [3.8, 4) is 11.4 Å². The fraction of sp³-hybridized carbons (Fsp3) is 0.409. The molecular weight excluding hydrogens is 368 g/mol. The van der Waals surface area contributed by atoms with Gasteiger partial charge in [-0.3, -0.25) is 4.79 Å². The zero-order chi connectivity index (χ0) is 20.2. The lowest BCUT2D eigenvalue weighted by Crippen LogP contribution is -2.31. The van der Waals surface area contributed by atoms with Crippen LogP contribution in [0.25, 0.3) is 11.4 Å². The number of hydrogen-bond donors (Lipinski definition) is 1. The molecule has 0 aliphatic carbocycles. The summed E-state index contributed by atoms with van der Waals surface area (Å²) in [6, 6.07) is 11.1. The van der Waals surface area contributed by atoms with E-state index < -0.39 is 6.04 Å². The van der Waals surface area contributed by atoms with Gasteiger partial charge in [0.15, 0.2) is 5.76 Å². The maximum absolute atomic E-state index is 12.4. The molecule has 3 heterocycles.